The van der Waals surface area contributed by atoms with Crippen molar-refractivity contribution in [2.75, 3.05) is 19.7 Å². The first-order chi connectivity index (χ1) is 9.19. The average Bonchev–Trinajstić information content (AvgIpc) is 2.44. The third-order valence-corrected chi connectivity index (χ3v) is 3.51. The molecule has 4 nitrogen and oxygen atoms in total. The van der Waals surface area contributed by atoms with Crippen LogP contribution in [0.15, 0.2) is 12.7 Å². The molecule has 0 radical (unpaired) electrons. The summed E-state index contributed by atoms with van der Waals surface area (Å²) >= 11 is 0. The second-order valence-corrected chi connectivity index (χ2v) is 4.96. The fourth-order valence-electron chi connectivity index (χ4n) is 2.51. The molecular weight excluding hydrogens is 242 g/mol. The molecule has 0 aliphatic heterocycles. The quantitative estimate of drug-likeness (QED) is 0.526. The van der Waals surface area contributed by atoms with Gasteiger partial charge in [-0.2, -0.15) is 0 Å². The molecule has 1 aliphatic carbocycles. The van der Waals surface area contributed by atoms with Gasteiger partial charge >= 0.3 is 5.97 Å². The Balaban J connectivity index is 2.47. The number of hydrogen-bond donors (Lipinski definition) is 0. The van der Waals surface area contributed by atoms with E-state index >= 15 is 0 Å². The van der Waals surface area contributed by atoms with E-state index in [-0.39, 0.29) is 24.2 Å². The topological polar surface area (TPSA) is 46.6 Å². The Hall–Kier alpha value is -1.32. The van der Waals surface area contributed by atoms with E-state index in [0.29, 0.717) is 19.7 Å². The zero-order chi connectivity index (χ0) is 14.1. The molecule has 0 heterocycles. The average molecular weight is 267 g/mol. The van der Waals surface area contributed by atoms with Gasteiger partial charge in [-0.25, -0.2) is 0 Å². The first kappa shape index (κ1) is 15.7. The highest BCUT2D eigenvalue weighted by atomic mass is 16.5. The molecule has 0 aromatic heterocycles. The summed E-state index contributed by atoms with van der Waals surface area (Å²) in [6.07, 6.45) is 7.43. The monoisotopic (exact) mass is 267 g/mol. The van der Waals surface area contributed by atoms with Gasteiger partial charge in [-0.05, 0) is 19.8 Å². The molecule has 4 heteroatoms. The zero-order valence-electron chi connectivity index (χ0n) is 11.9. The first-order valence-corrected chi connectivity index (χ1v) is 7.24. The van der Waals surface area contributed by atoms with Crippen molar-refractivity contribution < 1.29 is 14.3 Å². The van der Waals surface area contributed by atoms with Crippen LogP contribution in [-0.4, -0.2) is 36.5 Å². The van der Waals surface area contributed by atoms with E-state index in [1.54, 1.807) is 17.9 Å². The maximum absolute atomic E-state index is 12.4. The predicted molar refractivity (Wildman–Crippen MR) is 74.6 cm³/mol. The van der Waals surface area contributed by atoms with Crippen LogP contribution < -0.4 is 0 Å². The maximum Gasteiger partial charge on any atom is 0.307 e. The van der Waals surface area contributed by atoms with Gasteiger partial charge in [-0.15, -0.1) is 6.58 Å². The van der Waals surface area contributed by atoms with Crippen LogP contribution in [-0.2, 0) is 14.3 Å². The lowest BCUT2D eigenvalue weighted by atomic mass is 9.88. The third-order valence-electron chi connectivity index (χ3n) is 3.51. The van der Waals surface area contributed by atoms with Crippen molar-refractivity contribution in [3.8, 4) is 0 Å². The molecular formula is C15H25NO3. The molecule has 0 saturated heterocycles. The highest BCUT2D eigenvalue weighted by Gasteiger charge is 2.25. The SMILES string of the molecule is C=CCN(CCC(=O)OCC)C(=O)C1CCCCC1. The summed E-state index contributed by atoms with van der Waals surface area (Å²) in [5.41, 5.74) is 0. The Bertz CT molecular complexity index is 309. The Kier molecular flexibility index (Phi) is 7.23. The number of carbonyl (C=O) groups excluding carboxylic acids is 2. The van der Waals surface area contributed by atoms with E-state index in [9.17, 15) is 9.59 Å². The van der Waals surface area contributed by atoms with Gasteiger partial charge in [-0.1, -0.05) is 25.3 Å². The number of rotatable bonds is 7. The van der Waals surface area contributed by atoms with Crippen molar-refractivity contribution in [1.29, 1.82) is 0 Å². The van der Waals surface area contributed by atoms with Gasteiger partial charge in [-0.3, -0.25) is 9.59 Å². The second kappa shape index (κ2) is 8.73. The van der Waals surface area contributed by atoms with Crippen LogP contribution >= 0.6 is 0 Å². The van der Waals surface area contributed by atoms with E-state index in [1.165, 1.54) is 6.42 Å². The molecule has 1 rings (SSSR count). The van der Waals surface area contributed by atoms with E-state index in [4.69, 9.17) is 4.74 Å². The molecule has 1 amide bonds. The third kappa shape index (κ3) is 5.45. The highest BCUT2D eigenvalue weighted by Crippen LogP contribution is 2.25. The van der Waals surface area contributed by atoms with Crippen molar-refractivity contribution in [2.24, 2.45) is 5.92 Å². The van der Waals surface area contributed by atoms with Gasteiger partial charge in [0.25, 0.3) is 0 Å². The van der Waals surface area contributed by atoms with Gasteiger partial charge in [0, 0.05) is 19.0 Å². The summed E-state index contributed by atoms with van der Waals surface area (Å²) in [6, 6.07) is 0. The normalized spacial score (nSPS) is 15.8. The number of nitrogens with zero attached hydrogens (tertiary/aromatic N) is 1. The van der Waals surface area contributed by atoms with Gasteiger partial charge in [0.15, 0.2) is 0 Å². The standard InChI is InChI=1S/C15H25NO3/c1-3-11-16(12-10-14(17)19-4-2)15(18)13-8-6-5-7-9-13/h3,13H,1,4-12H2,2H3. The molecule has 1 fully saturated rings. The summed E-state index contributed by atoms with van der Waals surface area (Å²) in [4.78, 5) is 25.5. The maximum atomic E-state index is 12.4. The van der Waals surface area contributed by atoms with Gasteiger partial charge in [0.2, 0.25) is 5.91 Å². The Morgan fingerprint density at radius 3 is 2.58 bits per heavy atom. The summed E-state index contributed by atoms with van der Waals surface area (Å²) in [7, 11) is 0. The molecule has 0 bridgehead atoms. The van der Waals surface area contributed by atoms with Crippen LogP contribution in [0.2, 0.25) is 0 Å². The Morgan fingerprint density at radius 2 is 2.00 bits per heavy atom. The largest absolute Gasteiger partial charge is 0.466 e. The van der Waals surface area contributed by atoms with Crippen molar-refractivity contribution in [1.82, 2.24) is 4.90 Å². The molecule has 0 N–H and O–H groups in total. The smallest absolute Gasteiger partial charge is 0.307 e. The molecule has 0 aromatic carbocycles. The van der Waals surface area contributed by atoms with Crippen LogP contribution in [0, 0.1) is 5.92 Å². The molecule has 0 aromatic rings. The van der Waals surface area contributed by atoms with E-state index in [1.807, 2.05) is 0 Å². The lowest BCUT2D eigenvalue weighted by Crippen LogP contribution is -2.38. The lowest BCUT2D eigenvalue weighted by molar-refractivity contribution is -0.144. The highest BCUT2D eigenvalue weighted by molar-refractivity contribution is 5.79. The lowest BCUT2D eigenvalue weighted by Gasteiger charge is -2.28. The van der Waals surface area contributed by atoms with Crippen LogP contribution in [0.3, 0.4) is 0 Å². The molecule has 108 valence electrons. The van der Waals surface area contributed by atoms with Gasteiger partial charge in [0.1, 0.15) is 0 Å². The molecule has 1 aliphatic rings. The minimum atomic E-state index is -0.243. The molecule has 0 spiro atoms. The predicted octanol–water partition coefficient (Wildman–Crippen LogP) is 2.53. The molecule has 19 heavy (non-hydrogen) atoms. The summed E-state index contributed by atoms with van der Waals surface area (Å²) in [5, 5.41) is 0. The Morgan fingerprint density at radius 1 is 1.32 bits per heavy atom. The summed E-state index contributed by atoms with van der Waals surface area (Å²) in [5.74, 6) is 0.0628. The number of ether oxygens (including phenoxy) is 1. The van der Waals surface area contributed by atoms with Gasteiger partial charge in [0.05, 0.1) is 13.0 Å². The van der Waals surface area contributed by atoms with Crippen molar-refractivity contribution in [3.05, 3.63) is 12.7 Å². The van der Waals surface area contributed by atoms with E-state index < -0.39 is 0 Å². The molecule has 1 saturated carbocycles. The van der Waals surface area contributed by atoms with Crippen LogP contribution in [0.5, 0.6) is 0 Å². The van der Waals surface area contributed by atoms with Crippen LogP contribution in [0.25, 0.3) is 0 Å². The van der Waals surface area contributed by atoms with Gasteiger partial charge < -0.3 is 9.64 Å². The number of esters is 1. The fraction of sp³-hybridized carbons (Fsp3) is 0.733. The number of carbonyl (C=O) groups is 2. The second-order valence-electron chi connectivity index (χ2n) is 4.96. The minimum absolute atomic E-state index is 0.135. The zero-order valence-corrected chi connectivity index (χ0v) is 11.9. The minimum Gasteiger partial charge on any atom is -0.466 e. The first-order valence-electron chi connectivity index (χ1n) is 7.24. The van der Waals surface area contributed by atoms with Crippen LogP contribution in [0.4, 0.5) is 0 Å². The van der Waals surface area contributed by atoms with Crippen molar-refractivity contribution >= 4 is 11.9 Å². The summed E-state index contributed by atoms with van der Waals surface area (Å²) < 4.78 is 4.89. The molecule has 0 atom stereocenters. The van der Waals surface area contributed by atoms with Crippen molar-refractivity contribution in [3.63, 3.8) is 0 Å². The van der Waals surface area contributed by atoms with Crippen molar-refractivity contribution in [2.45, 2.75) is 45.4 Å². The summed E-state index contributed by atoms with van der Waals surface area (Å²) in [6.45, 7) is 6.79. The van der Waals surface area contributed by atoms with E-state index in [2.05, 4.69) is 6.58 Å². The number of amides is 1. The fourth-order valence-corrected chi connectivity index (χ4v) is 2.51. The number of hydrogen-bond acceptors (Lipinski definition) is 3. The Labute approximate surface area is 115 Å². The van der Waals surface area contributed by atoms with E-state index in [0.717, 1.165) is 25.7 Å². The molecule has 0 unspecified atom stereocenters. The van der Waals surface area contributed by atoms with Crippen LogP contribution in [0.1, 0.15) is 45.4 Å².